The highest BCUT2D eigenvalue weighted by atomic mass is 32.1. The molecule has 5 nitrogen and oxygen atoms in total. The number of nitrogens with zero attached hydrogens (tertiary/aromatic N) is 3. The molecule has 0 saturated carbocycles. The van der Waals surface area contributed by atoms with Crippen molar-refractivity contribution in [1.82, 2.24) is 9.38 Å². The number of fused-ring (bicyclic) bond motifs is 1. The van der Waals surface area contributed by atoms with Crippen LogP contribution in [0.15, 0.2) is 71.2 Å². The Hall–Kier alpha value is -2.99. The molecule has 0 unspecified atom stereocenters. The second-order valence-electron chi connectivity index (χ2n) is 5.33. The summed E-state index contributed by atoms with van der Waals surface area (Å²) in [5.41, 5.74) is 2.81. The van der Waals surface area contributed by atoms with Gasteiger partial charge in [0, 0.05) is 12.3 Å². The first-order chi connectivity index (χ1) is 11.8. The smallest absolute Gasteiger partial charge is 0.349 e. The van der Waals surface area contributed by atoms with Crippen LogP contribution in [-0.4, -0.2) is 9.38 Å². The van der Waals surface area contributed by atoms with Crippen LogP contribution in [0.1, 0.15) is 4.88 Å². The molecular weight excluding hydrogens is 322 g/mol. The zero-order valence-corrected chi connectivity index (χ0v) is 13.4. The summed E-state index contributed by atoms with van der Waals surface area (Å²) in [7, 11) is 0. The monoisotopic (exact) mass is 335 g/mol. The number of aromatic nitrogens is 3. The van der Waals surface area contributed by atoms with Crippen LogP contribution in [-0.2, 0) is 6.54 Å². The molecule has 3 heterocycles. The molecule has 0 spiro atoms. The zero-order chi connectivity index (χ0) is 16.5. The third-order valence-electron chi connectivity index (χ3n) is 3.87. The van der Waals surface area contributed by atoms with E-state index in [9.17, 15) is 9.90 Å². The van der Waals surface area contributed by atoms with E-state index in [-0.39, 0.29) is 17.0 Å². The minimum Gasteiger partial charge on any atom is -0.842 e. The highest BCUT2D eigenvalue weighted by Crippen LogP contribution is 2.21. The summed E-state index contributed by atoms with van der Waals surface area (Å²) in [4.78, 5) is 17.9. The van der Waals surface area contributed by atoms with Crippen LogP contribution in [0.5, 0.6) is 5.88 Å². The topological polar surface area (TPSA) is 61.3 Å². The third kappa shape index (κ3) is 2.37. The molecule has 3 aromatic heterocycles. The van der Waals surface area contributed by atoms with Crippen LogP contribution in [0, 0.1) is 0 Å². The molecule has 0 bridgehead atoms. The molecule has 0 aliphatic heterocycles. The van der Waals surface area contributed by atoms with Crippen molar-refractivity contribution in [3.05, 3.63) is 81.7 Å². The average Bonchev–Trinajstić information content (AvgIpc) is 3.13. The van der Waals surface area contributed by atoms with Gasteiger partial charge < -0.3 is 5.11 Å². The summed E-state index contributed by atoms with van der Waals surface area (Å²) in [5, 5.41) is 13.1. The minimum absolute atomic E-state index is 0.184. The van der Waals surface area contributed by atoms with Crippen LogP contribution in [0.3, 0.4) is 0 Å². The standard InChI is InChI=1S/C18H13N3O2S/c22-17-16(13-6-2-1-3-7-13)18(23)21(11-14-10-19-12-24-14)15-8-4-5-9-20(15)17/h1-10,12H,11H2. The van der Waals surface area contributed by atoms with E-state index in [1.807, 2.05) is 24.3 Å². The van der Waals surface area contributed by atoms with E-state index in [0.717, 1.165) is 4.88 Å². The molecule has 0 atom stereocenters. The molecule has 0 radical (unpaired) electrons. The molecule has 0 amide bonds. The van der Waals surface area contributed by atoms with Crippen molar-refractivity contribution in [1.29, 1.82) is 0 Å². The lowest BCUT2D eigenvalue weighted by molar-refractivity contribution is -0.707. The van der Waals surface area contributed by atoms with Gasteiger partial charge in [0.15, 0.2) is 0 Å². The number of hydrogen-bond acceptors (Lipinski definition) is 4. The normalized spacial score (nSPS) is 11.0. The van der Waals surface area contributed by atoms with Crippen molar-refractivity contribution >= 4 is 17.0 Å². The van der Waals surface area contributed by atoms with Crippen LogP contribution < -0.4 is 15.2 Å². The van der Waals surface area contributed by atoms with Crippen molar-refractivity contribution in [2.24, 2.45) is 0 Å². The lowest BCUT2D eigenvalue weighted by Crippen LogP contribution is -2.44. The molecule has 0 aliphatic carbocycles. The van der Waals surface area contributed by atoms with E-state index in [0.29, 0.717) is 17.8 Å². The second kappa shape index (κ2) is 5.90. The van der Waals surface area contributed by atoms with Gasteiger partial charge in [-0.1, -0.05) is 36.4 Å². The lowest BCUT2D eigenvalue weighted by Gasteiger charge is -2.16. The Labute approximate surface area is 141 Å². The summed E-state index contributed by atoms with van der Waals surface area (Å²) < 4.78 is 3.14. The molecule has 4 rings (SSSR count). The lowest BCUT2D eigenvalue weighted by atomic mass is 10.1. The molecule has 4 aromatic rings. The maximum atomic E-state index is 13.1. The largest absolute Gasteiger partial charge is 0.842 e. The SMILES string of the molecule is O=c1c(-c2ccccc2)c([O-])[n+](Cc2cncs2)c2ccccn12. The molecule has 118 valence electrons. The number of thiazole rings is 1. The van der Waals surface area contributed by atoms with Crippen LogP contribution >= 0.6 is 11.3 Å². The van der Waals surface area contributed by atoms with Gasteiger partial charge in [-0.25, -0.2) is 9.36 Å². The molecule has 0 saturated heterocycles. The fourth-order valence-corrected chi connectivity index (χ4v) is 3.34. The predicted molar refractivity (Wildman–Crippen MR) is 90.0 cm³/mol. The van der Waals surface area contributed by atoms with Crippen molar-refractivity contribution in [3.63, 3.8) is 0 Å². The van der Waals surface area contributed by atoms with Crippen molar-refractivity contribution in [3.8, 4) is 17.0 Å². The van der Waals surface area contributed by atoms with Gasteiger partial charge in [-0.2, -0.15) is 4.40 Å². The van der Waals surface area contributed by atoms with Crippen LogP contribution in [0.2, 0.25) is 0 Å². The Morgan fingerprint density at radius 3 is 2.67 bits per heavy atom. The van der Waals surface area contributed by atoms with Gasteiger partial charge in [0.1, 0.15) is 12.1 Å². The van der Waals surface area contributed by atoms with Crippen LogP contribution in [0.25, 0.3) is 16.8 Å². The third-order valence-corrected chi connectivity index (χ3v) is 4.63. The first-order valence-electron chi connectivity index (χ1n) is 7.42. The van der Waals surface area contributed by atoms with E-state index >= 15 is 0 Å². The average molecular weight is 335 g/mol. The first kappa shape index (κ1) is 14.6. The highest BCUT2D eigenvalue weighted by molar-refractivity contribution is 7.09. The minimum atomic E-state index is -0.303. The Kier molecular flexibility index (Phi) is 3.59. The molecular formula is C18H13N3O2S. The Morgan fingerprint density at radius 2 is 1.92 bits per heavy atom. The van der Waals surface area contributed by atoms with Gasteiger partial charge in [-0.3, -0.25) is 4.98 Å². The quantitative estimate of drug-likeness (QED) is 0.537. The summed E-state index contributed by atoms with van der Waals surface area (Å²) in [5.74, 6) is -0.286. The van der Waals surface area contributed by atoms with Gasteiger partial charge in [-0.15, -0.1) is 11.3 Å². The van der Waals surface area contributed by atoms with Gasteiger partial charge in [0.25, 0.3) is 5.65 Å². The molecule has 0 aliphatic rings. The van der Waals surface area contributed by atoms with E-state index in [1.165, 1.54) is 15.7 Å². The Bertz CT molecular complexity index is 1060. The van der Waals surface area contributed by atoms with E-state index < -0.39 is 0 Å². The highest BCUT2D eigenvalue weighted by Gasteiger charge is 2.20. The van der Waals surface area contributed by atoms with Gasteiger partial charge in [0.2, 0.25) is 0 Å². The van der Waals surface area contributed by atoms with Crippen LogP contribution in [0.4, 0.5) is 0 Å². The zero-order valence-electron chi connectivity index (χ0n) is 12.6. The first-order valence-corrected chi connectivity index (χ1v) is 8.30. The van der Waals surface area contributed by atoms with E-state index in [2.05, 4.69) is 4.98 Å². The van der Waals surface area contributed by atoms with E-state index in [4.69, 9.17) is 0 Å². The summed E-state index contributed by atoms with van der Waals surface area (Å²) in [6.07, 6.45) is 3.43. The fraction of sp³-hybridized carbons (Fsp3) is 0.0556. The summed E-state index contributed by atoms with van der Waals surface area (Å²) in [6.45, 7) is 0.386. The Morgan fingerprint density at radius 1 is 1.12 bits per heavy atom. The number of benzene rings is 1. The molecule has 0 N–H and O–H groups in total. The fourth-order valence-electron chi connectivity index (χ4n) is 2.76. The van der Waals surface area contributed by atoms with Gasteiger partial charge in [0.05, 0.1) is 22.5 Å². The maximum absolute atomic E-state index is 13.1. The van der Waals surface area contributed by atoms with Gasteiger partial charge in [-0.05, 0) is 11.6 Å². The molecule has 1 aromatic carbocycles. The Balaban J connectivity index is 2.05. The number of pyridine rings is 1. The number of rotatable bonds is 3. The van der Waals surface area contributed by atoms with E-state index in [1.54, 1.807) is 46.7 Å². The maximum Gasteiger partial charge on any atom is 0.349 e. The van der Waals surface area contributed by atoms with Crippen molar-refractivity contribution < 1.29 is 9.67 Å². The molecule has 0 fully saturated rings. The summed E-state index contributed by atoms with van der Waals surface area (Å²) >= 11 is 1.48. The van der Waals surface area contributed by atoms with Gasteiger partial charge >= 0.3 is 5.56 Å². The predicted octanol–water partition coefficient (Wildman–Crippen LogP) is 1.83. The molecule has 6 heteroatoms. The van der Waals surface area contributed by atoms with Crippen molar-refractivity contribution in [2.75, 3.05) is 0 Å². The molecule has 24 heavy (non-hydrogen) atoms. The second-order valence-corrected chi connectivity index (χ2v) is 6.30. The van der Waals surface area contributed by atoms with Crippen molar-refractivity contribution in [2.45, 2.75) is 6.54 Å². The number of hydrogen-bond donors (Lipinski definition) is 0. The summed E-state index contributed by atoms with van der Waals surface area (Å²) in [6, 6.07) is 14.4.